The van der Waals surface area contributed by atoms with E-state index in [0.717, 1.165) is 5.69 Å². The lowest BCUT2D eigenvalue weighted by Crippen LogP contribution is -2.31. The predicted octanol–water partition coefficient (Wildman–Crippen LogP) is 1.62. The molecule has 0 radical (unpaired) electrons. The first kappa shape index (κ1) is 14.9. The highest BCUT2D eigenvalue weighted by atomic mass is 16.5. The Labute approximate surface area is 132 Å². The molecule has 0 spiro atoms. The van der Waals surface area contributed by atoms with Crippen molar-refractivity contribution in [2.24, 2.45) is 0 Å². The van der Waals surface area contributed by atoms with Crippen LogP contribution in [-0.2, 0) is 6.54 Å². The van der Waals surface area contributed by atoms with Gasteiger partial charge in [0, 0.05) is 13.5 Å². The van der Waals surface area contributed by atoms with Crippen molar-refractivity contribution in [3.8, 4) is 5.69 Å². The summed E-state index contributed by atoms with van der Waals surface area (Å²) in [6.07, 6.45) is 1.61. The second-order valence-corrected chi connectivity index (χ2v) is 4.93. The SMILES string of the molecule is CCN(Cc1noc(C)n1)C(=O)c1cn(-c2ccccc2)nn1. The van der Waals surface area contributed by atoms with E-state index in [0.29, 0.717) is 18.3 Å². The van der Waals surface area contributed by atoms with Crippen LogP contribution in [0.3, 0.4) is 0 Å². The van der Waals surface area contributed by atoms with Gasteiger partial charge in [-0.15, -0.1) is 5.10 Å². The van der Waals surface area contributed by atoms with E-state index in [1.54, 1.807) is 22.7 Å². The molecule has 1 aromatic carbocycles. The Bertz CT molecular complexity index is 795. The number of para-hydroxylation sites is 1. The van der Waals surface area contributed by atoms with Crippen LogP contribution in [0.1, 0.15) is 29.1 Å². The summed E-state index contributed by atoms with van der Waals surface area (Å²) in [6, 6.07) is 9.49. The monoisotopic (exact) mass is 312 g/mol. The van der Waals surface area contributed by atoms with Crippen molar-refractivity contribution < 1.29 is 9.32 Å². The topological polar surface area (TPSA) is 89.9 Å². The van der Waals surface area contributed by atoms with Gasteiger partial charge in [0.2, 0.25) is 5.89 Å². The Hall–Kier alpha value is -3.03. The number of amides is 1. The molecule has 8 heteroatoms. The van der Waals surface area contributed by atoms with Crippen LogP contribution in [0, 0.1) is 6.92 Å². The van der Waals surface area contributed by atoms with Crippen LogP contribution in [-0.4, -0.2) is 42.5 Å². The molecule has 0 N–H and O–H groups in total. The largest absolute Gasteiger partial charge is 0.340 e. The first-order valence-corrected chi connectivity index (χ1v) is 7.23. The summed E-state index contributed by atoms with van der Waals surface area (Å²) in [5, 5.41) is 11.8. The molecule has 3 aromatic rings. The third kappa shape index (κ3) is 3.25. The summed E-state index contributed by atoms with van der Waals surface area (Å²) in [4.78, 5) is 18.3. The lowest BCUT2D eigenvalue weighted by molar-refractivity contribution is 0.0741. The maximum Gasteiger partial charge on any atom is 0.276 e. The Kier molecular flexibility index (Phi) is 4.13. The predicted molar refractivity (Wildman–Crippen MR) is 80.8 cm³/mol. The van der Waals surface area contributed by atoms with Crippen LogP contribution in [0.15, 0.2) is 41.1 Å². The van der Waals surface area contributed by atoms with Crippen LogP contribution in [0.25, 0.3) is 5.69 Å². The van der Waals surface area contributed by atoms with E-state index in [1.165, 1.54) is 0 Å². The first-order chi connectivity index (χ1) is 11.2. The van der Waals surface area contributed by atoms with Gasteiger partial charge in [-0.1, -0.05) is 28.6 Å². The molecule has 0 aliphatic rings. The molecule has 3 rings (SSSR count). The lowest BCUT2D eigenvalue weighted by atomic mass is 10.3. The van der Waals surface area contributed by atoms with Crippen LogP contribution in [0.2, 0.25) is 0 Å². The molecule has 0 saturated heterocycles. The lowest BCUT2D eigenvalue weighted by Gasteiger charge is -2.17. The van der Waals surface area contributed by atoms with Gasteiger partial charge in [0.1, 0.15) is 0 Å². The number of benzene rings is 1. The van der Waals surface area contributed by atoms with Crippen molar-refractivity contribution in [2.45, 2.75) is 20.4 Å². The molecular formula is C15H16N6O2. The fourth-order valence-electron chi connectivity index (χ4n) is 2.13. The standard InChI is InChI=1S/C15H16N6O2/c1-3-20(10-14-16-11(2)23-18-14)15(22)13-9-21(19-17-13)12-7-5-4-6-8-12/h4-9H,3,10H2,1-2H3. The van der Waals surface area contributed by atoms with E-state index in [-0.39, 0.29) is 18.1 Å². The Morgan fingerprint density at radius 3 is 2.74 bits per heavy atom. The minimum atomic E-state index is -0.225. The molecule has 2 aromatic heterocycles. The van der Waals surface area contributed by atoms with E-state index >= 15 is 0 Å². The number of rotatable bonds is 5. The Morgan fingerprint density at radius 2 is 2.09 bits per heavy atom. The van der Waals surface area contributed by atoms with Gasteiger partial charge in [0.25, 0.3) is 5.91 Å². The zero-order chi connectivity index (χ0) is 16.2. The number of nitrogens with zero attached hydrogens (tertiary/aromatic N) is 6. The van der Waals surface area contributed by atoms with Crippen LogP contribution in [0.4, 0.5) is 0 Å². The zero-order valence-electron chi connectivity index (χ0n) is 12.9. The average molecular weight is 312 g/mol. The third-order valence-corrected chi connectivity index (χ3v) is 3.30. The maximum atomic E-state index is 12.6. The van der Waals surface area contributed by atoms with E-state index in [9.17, 15) is 4.79 Å². The van der Waals surface area contributed by atoms with E-state index in [4.69, 9.17) is 4.52 Å². The molecule has 1 amide bonds. The minimum Gasteiger partial charge on any atom is -0.340 e. The van der Waals surface area contributed by atoms with Gasteiger partial charge >= 0.3 is 0 Å². The van der Waals surface area contributed by atoms with Crippen LogP contribution >= 0.6 is 0 Å². The van der Waals surface area contributed by atoms with Gasteiger partial charge in [0.15, 0.2) is 11.5 Å². The highest BCUT2D eigenvalue weighted by Gasteiger charge is 2.20. The van der Waals surface area contributed by atoms with Crippen LogP contribution in [0.5, 0.6) is 0 Å². The van der Waals surface area contributed by atoms with Gasteiger partial charge < -0.3 is 9.42 Å². The summed E-state index contributed by atoms with van der Waals surface area (Å²) < 4.78 is 6.50. The molecule has 23 heavy (non-hydrogen) atoms. The maximum absolute atomic E-state index is 12.6. The molecule has 0 fully saturated rings. The third-order valence-electron chi connectivity index (χ3n) is 3.30. The minimum absolute atomic E-state index is 0.225. The summed E-state index contributed by atoms with van der Waals surface area (Å²) in [5.74, 6) is 0.712. The number of aromatic nitrogens is 5. The molecular weight excluding hydrogens is 296 g/mol. The fraction of sp³-hybridized carbons (Fsp3) is 0.267. The van der Waals surface area contributed by atoms with Crippen molar-refractivity contribution in [1.29, 1.82) is 0 Å². The number of carbonyl (C=O) groups excluding carboxylic acids is 1. The normalized spacial score (nSPS) is 10.7. The van der Waals surface area contributed by atoms with E-state index in [1.807, 2.05) is 37.3 Å². The van der Waals surface area contributed by atoms with Gasteiger partial charge in [-0.2, -0.15) is 4.98 Å². The summed E-state index contributed by atoms with van der Waals surface area (Å²) in [7, 11) is 0. The van der Waals surface area contributed by atoms with Crippen molar-refractivity contribution in [1.82, 2.24) is 30.0 Å². The van der Waals surface area contributed by atoms with Crippen LogP contribution < -0.4 is 0 Å². The molecule has 0 bridgehead atoms. The van der Waals surface area contributed by atoms with Gasteiger partial charge in [-0.05, 0) is 19.1 Å². The molecule has 0 unspecified atom stereocenters. The summed E-state index contributed by atoms with van der Waals surface area (Å²) >= 11 is 0. The second-order valence-electron chi connectivity index (χ2n) is 4.93. The molecule has 0 aliphatic carbocycles. The Morgan fingerprint density at radius 1 is 1.30 bits per heavy atom. The summed E-state index contributed by atoms with van der Waals surface area (Å²) in [6.45, 7) is 4.36. The highest BCUT2D eigenvalue weighted by Crippen LogP contribution is 2.09. The van der Waals surface area contributed by atoms with Crippen molar-refractivity contribution in [3.05, 3.63) is 53.9 Å². The molecule has 8 nitrogen and oxygen atoms in total. The molecule has 2 heterocycles. The first-order valence-electron chi connectivity index (χ1n) is 7.23. The number of carbonyl (C=O) groups is 1. The van der Waals surface area contributed by atoms with E-state index in [2.05, 4.69) is 20.5 Å². The summed E-state index contributed by atoms with van der Waals surface area (Å²) in [5.41, 5.74) is 1.12. The number of hydrogen-bond donors (Lipinski definition) is 0. The van der Waals surface area contributed by atoms with Gasteiger partial charge in [-0.25, -0.2) is 4.68 Å². The van der Waals surface area contributed by atoms with Gasteiger partial charge in [0.05, 0.1) is 18.4 Å². The number of hydrogen-bond acceptors (Lipinski definition) is 6. The van der Waals surface area contributed by atoms with Crippen molar-refractivity contribution in [3.63, 3.8) is 0 Å². The van der Waals surface area contributed by atoms with Crippen molar-refractivity contribution in [2.75, 3.05) is 6.54 Å². The quantitative estimate of drug-likeness (QED) is 0.711. The smallest absolute Gasteiger partial charge is 0.276 e. The number of aryl methyl sites for hydroxylation is 1. The van der Waals surface area contributed by atoms with E-state index < -0.39 is 0 Å². The highest BCUT2D eigenvalue weighted by molar-refractivity contribution is 5.91. The second kappa shape index (κ2) is 6.39. The zero-order valence-corrected chi connectivity index (χ0v) is 12.9. The fourth-order valence-corrected chi connectivity index (χ4v) is 2.13. The van der Waals surface area contributed by atoms with Gasteiger partial charge in [-0.3, -0.25) is 4.79 Å². The average Bonchev–Trinajstić information content (AvgIpc) is 3.22. The molecule has 0 saturated carbocycles. The molecule has 0 atom stereocenters. The Balaban J connectivity index is 1.77. The molecule has 118 valence electrons. The van der Waals surface area contributed by atoms with Crippen molar-refractivity contribution >= 4 is 5.91 Å². The molecule has 0 aliphatic heterocycles.